The number of hydrogen-bond acceptors (Lipinski definition) is 2. The van der Waals surface area contributed by atoms with Gasteiger partial charge in [-0.2, -0.15) is 5.10 Å². The van der Waals surface area contributed by atoms with Crippen LogP contribution in [0.2, 0.25) is 0 Å². The van der Waals surface area contributed by atoms with Crippen LogP contribution in [0.5, 0.6) is 0 Å². The van der Waals surface area contributed by atoms with Gasteiger partial charge in [-0.1, -0.05) is 30.3 Å². The number of aromatic nitrogens is 2. The Morgan fingerprint density at radius 3 is 2.76 bits per heavy atom. The van der Waals surface area contributed by atoms with Crippen LogP contribution in [-0.4, -0.2) is 16.8 Å². The van der Waals surface area contributed by atoms with Gasteiger partial charge in [0.1, 0.15) is 5.82 Å². The van der Waals surface area contributed by atoms with Crippen LogP contribution in [0.1, 0.15) is 17.3 Å². The number of para-hydroxylation sites is 1. The minimum atomic E-state index is -0.210. The molecule has 108 valence electrons. The minimum Gasteiger partial charge on any atom is -0.313 e. The van der Waals surface area contributed by atoms with Gasteiger partial charge in [-0.15, -0.1) is 0 Å². The first kappa shape index (κ1) is 13.8. The molecule has 3 nitrogen and oxygen atoms in total. The molecule has 1 aromatic heterocycles. The van der Waals surface area contributed by atoms with Crippen molar-refractivity contribution in [2.24, 2.45) is 7.05 Å². The smallest absolute Gasteiger partial charge is 0.123 e. The van der Waals surface area contributed by atoms with Gasteiger partial charge in [0.05, 0.1) is 11.2 Å². The third-order valence-corrected chi connectivity index (χ3v) is 3.83. The van der Waals surface area contributed by atoms with E-state index in [9.17, 15) is 4.39 Å². The van der Waals surface area contributed by atoms with Gasteiger partial charge >= 0.3 is 0 Å². The van der Waals surface area contributed by atoms with E-state index >= 15 is 0 Å². The molecule has 0 saturated carbocycles. The molecule has 4 heteroatoms. The number of fused-ring (bicyclic) bond motifs is 1. The van der Waals surface area contributed by atoms with Crippen LogP contribution in [0.4, 0.5) is 4.39 Å². The molecule has 0 spiro atoms. The molecule has 0 aliphatic rings. The Balaban J connectivity index is 1.96. The van der Waals surface area contributed by atoms with E-state index in [0.717, 1.165) is 28.6 Å². The average Bonchev–Trinajstić information content (AvgIpc) is 2.82. The summed E-state index contributed by atoms with van der Waals surface area (Å²) in [5.41, 5.74) is 3.07. The van der Waals surface area contributed by atoms with Gasteiger partial charge in [-0.05, 0) is 30.8 Å². The summed E-state index contributed by atoms with van der Waals surface area (Å²) in [6.45, 7) is 0. The van der Waals surface area contributed by atoms with Gasteiger partial charge in [0.15, 0.2) is 0 Å². The fourth-order valence-electron chi connectivity index (χ4n) is 2.74. The summed E-state index contributed by atoms with van der Waals surface area (Å²) in [6.07, 6.45) is 0.724. The first-order chi connectivity index (χ1) is 10.2. The Morgan fingerprint density at radius 2 is 2.00 bits per heavy atom. The van der Waals surface area contributed by atoms with Gasteiger partial charge in [0.25, 0.3) is 0 Å². The van der Waals surface area contributed by atoms with Crippen molar-refractivity contribution in [3.8, 4) is 0 Å². The Morgan fingerprint density at radius 1 is 1.19 bits per heavy atom. The summed E-state index contributed by atoms with van der Waals surface area (Å²) < 4.78 is 15.3. The standard InChI is InChI=1S/C17H18FN3/c1-19-15(12-6-5-7-13(18)10-12)11-16-14-8-3-4-9-17(14)21(2)20-16/h3-10,15,19H,11H2,1-2H3. The van der Waals surface area contributed by atoms with E-state index < -0.39 is 0 Å². The molecule has 0 radical (unpaired) electrons. The molecular weight excluding hydrogens is 265 g/mol. The molecule has 21 heavy (non-hydrogen) atoms. The van der Waals surface area contributed by atoms with E-state index in [1.54, 1.807) is 12.1 Å². The molecule has 1 N–H and O–H groups in total. The lowest BCUT2D eigenvalue weighted by Gasteiger charge is -2.15. The highest BCUT2D eigenvalue weighted by molar-refractivity contribution is 5.81. The summed E-state index contributed by atoms with van der Waals surface area (Å²) in [4.78, 5) is 0. The lowest BCUT2D eigenvalue weighted by molar-refractivity contribution is 0.568. The van der Waals surface area contributed by atoms with Crippen molar-refractivity contribution in [3.05, 3.63) is 65.6 Å². The monoisotopic (exact) mass is 283 g/mol. The molecule has 2 aromatic carbocycles. The fraction of sp³-hybridized carbons (Fsp3) is 0.235. The van der Waals surface area contributed by atoms with E-state index in [1.165, 1.54) is 6.07 Å². The van der Waals surface area contributed by atoms with E-state index in [2.05, 4.69) is 22.5 Å². The second-order valence-corrected chi connectivity index (χ2v) is 5.19. The highest BCUT2D eigenvalue weighted by Crippen LogP contribution is 2.24. The van der Waals surface area contributed by atoms with Crippen molar-refractivity contribution in [1.29, 1.82) is 0 Å². The molecule has 0 aliphatic heterocycles. The molecule has 0 fully saturated rings. The van der Waals surface area contributed by atoms with Gasteiger partial charge in [-0.3, -0.25) is 4.68 Å². The molecule has 1 unspecified atom stereocenters. The summed E-state index contributed by atoms with van der Waals surface area (Å²) in [5.74, 6) is -0.210. The molecule has 0 saturated heterocycles. The number of aryl methyl sites for hydroxylation is 1. The van der Waals surface area contributed by atoms with Crippen molar-refractivity contribution in [3.63, 3.8) is 0 Å². The maximum atomic E-state index is 13.4. The number of hydrogen-bond donors (Lipinski definition) is 1. The van der Waals surface area contributed by atoms with E-state index in [1.807, 2.05) is 37.0 Å². The minimum absolute atomic E-state index is 0.0407. The van der Waals surface area contributed by atoms with E-state index in [4.69, 9.17) is 0 Å². The zero-order valence-electron chi connectivity index (χ0n) is 12.2. The van der Waals surface area contributed by atoms with Crippen LogP contribution >= 0.6 is 0 Å². The topological polar surface area (TPSA) is 29.9 Å². The lowest BCUT2D eigenvalue weighted by Crippen LogP contribution is -2.19. The van der Waals surface area contributed by atoms with Crippen molar-refractivity contribution in [2.75, 3.05) is 7.05 Å². The summed E-state index contributed by atoms with van der Waals surface area (Å²) in [5, 5.41) is 9.01. The molecule has 0 amide bonds. The predicted molar refractivity (Wildman–Crippen MR) is 82.6 cm³/mol. The number of likely N-dealkylation sites (N-methyl/N-ethyl adjacent to an activating group) is 1. The molecule has 1 heterocycles. The number of nitrogens with zero attached hydrogens (tertiary/aromatic N) is 2. The Hall–Kier alpha value is -2.20. The zero-order chi connectivity index (χ0) is 14.8. The summed E-state index contributed by atoms with van der Waals surface area (Å²) in [7, 11) is 3.84. The third-order valence-electron chi connectivity index (χ3n) is 3.83. The lowest BCUT2D eigenvalue weighted by atomic mass is 10.0. The highest BCUT2D eigenvalue weighted by atomic mass is 19.1. The van der Waals surface area contributed by atoms with Gasteiger partial charge in [0.2, 0.25) is 0 Å². The normalized spacial score (nSPS) is 12.7. The maximum absolute atomic E-state index is 13.4. The number of rotatable bonds is 4. The van der Waals surface area contributed by atoms with Gasteiger partial charge in [-0.25, -0.2) is 4.39 Å². The second kappa shape index (κ2) is 5.66. The van der Waals surface area contributed by atoms with Crippen LogP contribution in [0.15, 0.2) is 48.5 Å². The average molecular weight is 283 g/mol. The molecule has 0 aliphatic carbocycles. The van der Waals surface area contributed by atoms with Crippen LogP contribution in [0.3, 0.4) is 0 Å². The second-order valence-electron chi connectivity index (χ2n) is 5.19. The predicted octanol–water partition coefficient (Wildman–Crippen LogP) is 3.22. The van der Waals surface area contributed by atoms with Crippen LogP contribution in [0, 0.1) is 5.82 Å². The molecular formula is C17H18FN3. The van der Waals surface area contributed by atoms with Crippen LogP contribution in [-0.2, 0) is 13.5 Å². The van der Waals surface area contributed by atoms with Crippen LogP contribution in [0.25, 0.3) is 10.9 Å². The Kier molecular flexibility index (Phi) is 3.71. The number of halogens is 1. The van der Waals surface area contributed by atoms with Crippen molar-refractivity contribution < 1.29 is 4.39 Å². The number of benzene rings is 2. The Labute approximate surface area is 123 Å². The molecule has 0 bridgehead atoms. The molecule has 1 atom stereocenters. The fourth-order valence-corrected chi connectivity index (χ4v) is 2.74. The number of nitrogens with one attached hydrogen (secondary N) is 1. The maximum Gasteiger partial charge on any atom is 0.123 e. The highest BCUT2D eigenvalue weighted by Gasteiger charge is 2.15. The van der Waals surface area contributed by atoms with E-state index in [-0.39, 0.29) is 11.9 Å². The first-order valence-electron chi connectivity index (χ1n) is 7.02. The van der Waals surface area contributed by atoms with Gasteiger partial charge < -0.3 is 5.32 Å². The van der Waals surface area contributed by atoms with Crippen molar-refractivity contribution in [1.82, 2.24) is 15.1 Å². The molecule has 3 aromatic rings. The first-order valence-corrected chi connectivity index (χ1v) is 7.02. The van der Waals surface area contributed by atoms with Crippen molar-refractivity contribution in [2.45, 2.75) is 12.5 Å². The third kappa shape index (κ3) is 2.67. The molecule has 3 rings (SSSR count). The summed E-state index contributed by atoms with van der Waals surface area (Å²) in [6, 6.07) is 14.9. The van der Waals surface area contributed by atoms with Gasteiger partial charge in [0, 0.05) is 24.9 Å². The zero-order valence-corrected chi connectivity index (χ0v) is 12.2. The SMILES string of the molecule is CNC(Cc1nn(C)c2ccccc12)c1cccc(F)c1. The van der Waals surface area contributed by atoms with Crippen molar-refractivity contribution >= 4 is 10.9 Å². The quantitative estimate of drug-likeness (QED) is 0.797. The summed E-state index contributed by atoms with van der Waals surface area (Å²) >= 11 is 0. The van der Waals surface area contributed by atoms with Crippen LogP contribution < -0.4 is 5.32 Å². The van der Waals surface area contributed by atoms with E-state index in [0.29, 0.717) is 0 Å². The largest absolute Gasteiger partial charge is 0.313 e. The Bertz CT molecular complexity index is 764.